The maximum atomic E-state index is 13.7. The molecule has 0 atom stereocenters. The maximum absolute atomic E-state index is 13.7. The van der Waals surface area contributed by atoms with Crippen LogP contribution in [0, 0.1) is 5.82 Å². The Morgan fingerprint density at radius 3 is 2.82 bits per heavy atom. The fraction of sp³-hybridized carbons (Fsp3) is 0.429. The van der Waals surface area contributed by atoms with Crippen LogP contribution < -0.4 is 5.32 Å². The van der Waals surface area contributed by atoms with E-state index < -0.39 is 0 Å². The van der Waals surface area contributed by atoms with E-state index in [1.165, 1.54) is 0 Å². The van der Waals surface area contributed by atoms with Gasteiger partial charge in [0.15, 0.2) is 0 Å². The predicted molar refractivity (Wildman–Crippen MR) is 70.3 cm³/mol. The van der Waals surface area contributed by atoms with Crippen LogP contribution in [0.5, 0.6) is 0 Å². The first kappa shape index (κ1) is 13.9. The van der Waals surface area contributed by atoms with Crippen molar-refractivity contribution >= 4 is 0 Å². The maximum Gasteiger partial charge on any atom is 0.127 e. The number of nitrogens with one attached hydrogen (secondary N) is 1. The first-order chi connectivity index (χ1) is 8.21. The molecule has 0 fully saturated rings. The molecule has 0 spiro atoms. The molecule has 0 unspecified atom stereocenters. The summed E-state index contributed by atoms with van der Waals surface area (Å²) in [5.74, 6) is -0.132. The van der Waals surface area contributed by atoms with Gasteiger partial charge in [-0.1, -0.05) is 25.1 Å². The van der Waals surface area contributed by atoms with E-state index in [1.807, 2.05) is 25.3 Å². The van der Waals surface area contributed by atoms with E-state index in [-0.39, 0.29) is 5.82 Å². The molecule has 0 aromatic heterocycles. The van der Waals surface area contributed by atoms with E-state index in [4.69, 9.17) is 0 Å². The van der Waals surface area contributed by atoms with Crippen molar-refractivity contribution in [2.24, 2.45) is 0 Å². The van der Waals surface area contributed by atoms with Gasteiger partial charge in [0.05, 0.1) is 0 Å². The molecule has 0 radical (unpaired) electrons. The smallest absolute Gasteiger partial charge is 0.127 e. The average molecular weight is 236 g/mol. The van der Waals surface area contributed by atoms with Gasteiger partial charge in [-0.15, -0.1) is 6.58 Å². The third-order valence-electron chi connectivity index (χ3n) is 2.72. The Bertz CT molecular complexity index is 363. The summed E-state index contributed by atoms with van der Waals surface area (Å²) < 4.78 is 13.7. The number of benzene rings is 1. The molecule has 0 aliphatic carbocycles. The number of likely N-dealkylation sites (N-methyl/N-ethyl adjacent to an activating group) is 1. The van der Waals surface area contributed by atoms with Crippen LogP contribution in [0.15, 0.2) is 30.9 Å². The van der Waals surface area contributed by atoms with E-state index in [1.54, 1.807) is 6.07 Å². The zero-order chi connectivity index (χ0) is 12.7. The number of halogens is 1. The predicted octanol–water partition coefficient (Wildman–Crippen LogP) is 2.55. The molecular formula is C14H21FN2. The van der Waals surface area contributed by atoms with Gasteiger partial charge in [-0.25, -0.2) is 4.39 Å². The van der Waals surface area contributed by atoms with Crippen molar-refractivity contribution < 1.29 is 4.39 Å². The third-order valence-corrected chi connectivity index (χ3v) is 2.72. The first-order valence-corrected chi connectivity index (χ1v) is 5.96. The highest BCUT2D eigenvalue weighted by Gasteiger charge is 2.07. The zero-order valence-electron chi connectivity index (χ0n) is 10.7. The van der Waals surface area contributed by atoms with Crippen LogP contribution >= 0.6 is 0 Å². The van der Waals surface area contributed by atoms with Gasteiger partial charge >= 0.3 is 0 Å². The molecule has 0 aliphatic heterocycles. The Kier molecular flexibility index (Phi) is 5.87. The number of hydrogen-bond acceptors (Lipinski definition) is 2. The van der Waals surface area contributed by atoms with E-state index in [0.717, 1.165) is 30.8 Å². The van der Waals surface area contributed by atoms with Crippen molar-refractivity contribution in [3.8, 4) is 0 Å². The van der Waals surface area contributed by atoms with Crippen LogP contribution in [0.25, 0.3) is 0 Å². The van der Waals surface area contributed by atoms with Crippen LogP contribution in [0.3, 0.4) is 0 Å². The quantitative estimate of drug-likeness (QED) is 0.732. The van der Waals surface area contributed by atoms with Gasteiger partial charge in [0.1, 0.15) is 5.82 Å². The zero-order valence-corrected chi connectivity index (χ0v) is 10.7. The second-order valence-corrected chi connectivity index (χ2v) is 4.07. The lowest BCUT2D eigenvalue weighted by Gasteiger charge is -2.19. The fourth-order valence-corrected chi connectivity index (χ4v) is 1.79. The summed E-state index contributed by atoms with van der Waals surface area (Å²) >= 11 is 0. The van der Waals surface area contributed by atoms with Gasteiger partial charge < -0.3 is 5.32 Å². The largest absolute Gasteiger partial charge is 0.316 e. The Hall–Kier alpha value is -1.19. The molecule has 1 N–H and O–H groups in total. The van der Waals surface area contributed by atoms with Crippen LogP contribution in [-0.2, 0) is 13.1 Å². The summed E-state index contributed by atoms with van der Waals surface area (Å²) in [5.41, 5.74) is 1.86. The summed E-state index contributed by atoms with van der Waals surface area (Å²) in [7, 11) is 1.89. The van der Waals surface area contributed by atoms with Crippen molar-refractivity contribution in [1.82, 2.24) is 10.2 Å². The van der Waals surface area contributed by atoms with Gasteiger partial charge in [-0.05, 0) is 25.2 Å². The molecule has 0 saturated heterocycles. The summed E-state index contributed by atoms with van der Waals surface area (Å²) in [6, 6.07) is 5.29. The molecule has 1 rings (SSSR count). The number of nitrogens with zero attached hydrogens (tertiary/aromatic N) is 1. The second-order valence-electron chi connectivity index (χ2n) is 4.07. The average Bonchev–Trinajstić information content (AvgIpc) is 2.33. The molecule has 0 amide bonds. The lowest BCUT2D eigenvalue weighted by Crippen LogP contribution is -2.23. The monoisotopic (exact) mass is 236 g/mol. The molecule has 0 aliphatic rings. The van der Waals surface area contributed by atoms with Crippen molar-refractivity contribution in [1.29, 1.82) is 0 Å². The summed E-state index contributed by atoms with van der Waals surface area (Å²) in [6.45, 7) is 8.85. The topological polar surface area (TPSA) is 15.3 Å². The summed E-state index contributed by atoms with van der Waals surface area (Å²) in [4.78, 5) is 2.15. The van der Waals surface area contributed by atoms with Crippen LogP contribution in [0.1, 0.15) is 18.1 Å². The molecule has 1 aromatic rings. The molecule has 0 heterocycles. The van der Waals surface area contributed by atoms with Gasteiger partial charge in [-0.2, -0.15) is 0 Å². The summed E-state index contributed by atoms with van der Waals surface area (Å²) in [5, 5.41) is 3.07. The van der Waals surface area contributed by atoms with Crippen LogP contribution in [0.4, 0.5) is 4.39 Å². The SMILES string of the molecule is C=CCN(CC)Cc1cc(CNC)ccc1F. The molecule has 0 saturated carbocycles. The Morgan fingerprint density at radius 1 is 1.47 bits per heavy atom. The molecule has 0 bridgehead atoms. The van der Waals surface area contributed by atoms with Crippen molar-refractivity contribution in [3.63, 3.8) is 0 Å². The highest BCUT2D eigenvalue weighted by molar-refractivity contribution is 5.25. The standard InChI is InChI=1S/C14H21FN2/c1-4-8-17(5-2)11-13-9-12(10-16-3)6-7-14(13)15/h4,6-7,9,16H,1,5,8,10-11H2,2-3H3. The minimum atomic E-state index is -0.132. The van der Waals surface area contributed by atoms with Gasteiger partial charge in [0.25, 0.3) is 0 Å². The Balaban J connectivity index is 2.80. The minimum Gasteiger partial charge on any atom is -0.316 e. The van der Waals surface area contributed by atoms with E-state index in [2.05, 4.69) is 23.7 Å². The summed E-state index contributed by atoms with van der Waals surface area (Å²) in [6.07, 6.45) is 1.85. The lowest BCUT2D eigenvalue weighted by molar-refractivity contribution is 0.306. The van der Waals surface area contributed by atoms with E-state index >= 15 is 0 Å². The fourth-order valence-electron chi connectivity index (χ4n) is 1.79. The lowest BCUT2D eigenvalue weighted by atomic mass is 10.1. The third kappa shape index (κ3) is 4.29. The molecule has 1 aromatic carbocycles. The van der Waals surface area contributed by atoms with Gasteiger partial charge in [-0.3, -0.25) is 4.90 Å². The van der Waals surface area contributed by atoms with Gasteiger partial charge in [0.2, 0.25) is 0 Å². The molecule has 17 heavy (non-hydrogen) atoms. The highest BCUT2D eigenvalue weighted by atomic mass is 19.1. The molecule has 94 valence electrons. The van der Waals surface area contributed by atoms with Crippen molar-refractivity contribution in [2.45, 2.75) is 20.0 Å². The number of hydrogen-bond donors (Lipinski definition) is 1. The second kappa shape index (κ2) is 7.20. The molecular weight excluding hydrogens is 215 g/mol. The first-order valence-electron chi connectivity index (χ1n) is 5.96. The van der Waals surface area contributed by atoms with Crippen LogP contribution in [-0.4, -0.2) is 25.0 Å². The number of rotatable bonds is 7. The highest BCUT2D eigenvalue weighted by Crippen LogP contribution is 2.13. The molecule has 2 nitrogen and oxygen atoms in total. The Labute approximate surface area is 103 Å². The minimum absolute atomic E-state index is 0.132. The van der Waals surface area contributed by atoms with Crippen molar-refractivity contribution in [2.75, 3.05) is 20.1 Å². The Morgan fingerprint density at radius 2 is 2.24 bits per heavy atom. The van der Waals surface area contributed by atoms with Gasteiger partial charge in [0, 0.05) is 25.2 Å². The normalized spacial score (nSPS) is 10.8. The van der Waals surface area contributed by atoms with Crippen LogP contribution in [0.2, 0.25) is 0 Å². The van der Waals surface area contributed by atoms with Crippen molar-refractivity contribution in [3.05, 3.63) is 47.8 Å². The van der Waals surface area contributed by atoms with E-state index in [0.29, 0.717) is 6.54 Å². The van der Waals surface area contributed by atoms with E-state index in [9.17, 15) is 4.39 Å². The molecule has 3 heteroatoms.